The quantitative estimate of drug-likeness (QED) is 0.533. The van der Waals surface area contributed by atoms with Crippen LogP contribution in [0.25, 0.3) is 10.8 Å². The number of carbonyl (C=O) groups excluding carboxylic acids is 2. The first-order chi connectivity index (χ1) is 15.8. The van der Waals surface area contributed by atoms with Gasteiger partial charge in [-0.3, -0.25) is 9.59 Å². The van der Waals surface area contributed by atoms with Crippen LogP contribution in [0.3, 0.4) is 0 Å². The molecule has 33 heavy (non-hydrogen) atoms. The van der Waals surface area contributed by atoms with Gasteiger partial charge in [-0.2, -0.15) is 9.40 Å². The fourth-order valence-electron chi connectivity index (χ4n) is 3.49. The Morgan fingerprint density at radius 2 is 1.64 bits per heavy atom. The third-order valence-electron chi connectivity index (χ3n) is 5.26. The minimum Gasteiger partial charge on any atom is -0.451 e. The lowest BCUT2D eigenvalue weighted by atomic mass is 10.1. The molecule has 4 rings (SSSR count). The summed E-state index contributed by atoms with van der Waals surface area (Å²) in [7, 11) is -3.70. The van der Waals surface area contributed by atoms with Crippen LogP contribution in [0.4, 0.5) is 0 Å². The van der Waals surface area contributed by atoms with E-state index in [2.05, 4.69) is 10.2 Å². The lowest BCUT2D eigenvalue weighted by Crippen LogP contribution is -2.51. The predicted octanol–water partition coefficient (Wildman–Crippen LogP) is 1.27. The van der Waals surface area contributed by atoms with Crippen molar-refractivity contribution in [3.63, 3.8) is 0 Å². The molecule has 2 aromatic carbocycles. The lowest BCUT2D eigenvalue weighted by molar-refractivity contribution is -0.135. The average Bonchev–Trinajstić information content (AvgIpc) is 2.83. The fraction of sp³-hybridized carbons (Fsp3) is 0.238. The Hall–Kier alpha value is -3.28. The zero-order valence-corrected chi connectivity index (χ0v) is 18.8. The summed E-state index contributed by atoms with van der Waals surface area (Å²) < 4.78 is 31.9. The van der Waals surface area contributed by atoms with Crippen molar-refractivity contribution >= 4 is 44.3 Å². The van der Waals surface area contributed by atoms with Crippen molar-refractivity contribution in [2.24, 2.45) is 0 Å². The molecule has 1 saturated heterocycles. The van der Waals surface area contributed by atoms with Gasteiger partial charge in [-0.25, -0.2) is 18.3 Å². The molecule has 0 radical (unpaired) electrons. The third-order valence-corrected chi connectivity index (χ3v) is 7.42. The van der Waals surface area contributed by atoms with Crippen LogP contribution < -0.4 is 5.56 Å². The second-order valence-corrected chi connectivity index (χ2v) is 9.64. The number of aromatic nitrogens is 2. The number of halogens is 1. The molecule has 0 saturated carbocycles. The van der Waals surface area contributed by atoms with E-state index in [9.17, 15) is 22.8 Å². The molecule has 1 amide bonds. The van der Waals surface area contributed by atoms with E-state index in [1.165, 1.54) is 33.5 Å². The van der Waals surface area contributed by atoms with Crippen molar-refractivity contribution in [3.05, 3.63) is 69.6 Å². The van der Waals surface area contributed by atoms with Crippen LogP contribution in [-0.4, -0.2) is 72.5 Å². The van der Waals surface area contributed by atoms with Crippen molar-refractivity contribution in [1.29, 1.82) is 0 Å². The Kier molecular flexibility index (Phi) is 6.45. The minimum atomic E-state index is -3.70. The molecule has 1 aliphatic rings. The summed E-state index contributed by atoms with van der Waals surface area (Å²) in [5.41, 5.74) is -0.540. The molecule has 1 N–H and O–H groups in total. The number of piperazine rings is 1. The number of hydrogen-bond donors (Lipinski definition) is 1. The van der Waals surface area contributed by atoms with Crippen LogP contribution in [0, 0.1) is 0 Å². The van der Waals surface area contributed by atoms with Gasteiger partial charge >= 0.3 is 5.97 Å². The van der Waals surface area contributed by atoms with E-state index in [1.807, 2.05) is 0 Å². The number of esters is 1. The molecule has 3 aromatic rings. The normalized spacial score (nSPS) is 14.9. The van der Waals surface area contributed by atoms with E-state index in [-0.39, 0.29) is 42.2 Å². The summed E-state index contributed by atoms with van der Waals surface area (Å²) in [6.45, 7) is -0.00247. The number of rotatable bonds is 5. The smallest absolute Gasteiger partial charge is 0.359 e. The van der Waals surface area contributed by atoms with Crippen LogP contribution in [0.1, 0.15) is 10.5 Å². The molecule has 0 unspecified atom stereocenters. The number of nitrogens with one attached hydrogen (secondary N) is 1. The number of carbonyl (C=O) groups is 2. The lowest BCUT2D eigenvalue weighted by Gasteiger charge is -2.33. The van der Waals surface area contributed by atoms with Crippen LogP contribution in [0.5, 0.6) is 0 Å². The maximum absolute atomic E-state index is 12.8. The highest BCUT2D eigenvalue weighted by Gasteiger charge is 2.30. The van der Waals surface area contributed by atoms with Gasteiger partial charge in [0.25, 0.3) is 11.5 Å². The van der Waals surface area contributed by atoms with E-state index in [0.29, 0.717) is 10.4 Å². The molecule has 1 aromatic heterocycles. The first-order valence-electron chi connectivity index (χ1n) is 9.95. The van der Waals surface area contributed by atoms with Crippen LogP contribution in [-0.2, 0) is 19.6 Å². The predicted molar refractivity (Wildman–Crippen MR) is 119 cm³/mol. The van der Waals surface area contributed by atoms with E-state index < -0.39 is 34.1 Å². The standard InChI is InChI=1S/C21H19ClN4O6S/c22-14-5-7-15(8-6-14)33(30,31)26-11-9-25(10-12-26)18(27)13-32-21(29)19-16-3-1-2-4-17(16)20(28)24-23-19/h1-8H,9-13H2,(H,24,28). The first kappa shape index (κ1) is 22.9. The number of sulfonamides is 1. The number of nitrogens with zero attached hydrogens (tertiary/aromatic N) is 3. The summed E-state index contributed by atoms with van der Waals surface area (Å²) in [5.74, 6) is -1.31. The van der Waals surface area contributed by atoms with Crippen LogP contribution >= 0.6 is 11.6 Å². The van der Waals surface area contributed by atoms with Gasteiger partial charge in [0.1, 0.15) is 0 Å². The molecule has 2 heterocycles. The maximum Gasteiger partial charge on any atom is 0.359 e. The van der Waals surface area contributed by atoms with Crippen molar-refractivity contribution in [3.8, 4) is 0 Å². The highest BCUT2D eigenvalue weighted by Crippen LogP contribution is 2.20. The monoisotopic (exact) mass is 490 g/mol. The van der Waals surface area contributed by atoms with Crippen molar-refractivity contribution in [2.75, 3.05) is 32.8 Å². The van der Waals surface area contributed by atoms with Crippen LogP contribution in [0.15, 0.2) is 58.2 Å². The number of H-pyrrole nitrogens is 1. The molecule has 0 spiro atoms. The number of fused-ring (bicyclic) bond motifs is 1. The van der Waals surface area contributed by atoms with Gasteiger partial charge < -0.3 is 9.64 Å². The Labute approximate surface area is 193 Å². The minimum absolute atomic E-state index is 0.100. The Morgan fingerprint density at radius 1 is 1.00 bits per heavy atom. The van der Waals surface area contributed by atoms with E-state index in [4.69, 9.17) is 16.3 Å². The second-order valence-electron chi connectivity index (χ2n) is 7.26. The van der Waals surface area contributed by atoms with Crippen molar-refractivity contribution < 1.29 is 22.7 Å². The first-order valence-corrected chi connectivity index (χ1v) is 11.8. The second kappa shape index (κ2) is 9.30. The Morgan fingerprint density at radius 3 is 2.30 bits per heavy atom. The molecule has 1 fully saturated rings. The highest BCUT2D eigenvalue weighted by atomic mass is 35.5. The molecule has 0 atom stereocenters. The van der Waals surface area contributed by atoms with Gasteiger partial charge in [0.2, 0.25) is 10.0 Å². The zero-order valence-electron chi connectivity index (χ0n) is 17.2. The summed E-state index contributed by atoms with van der Waals surface area (Å²) in [6.07, 6.45) is 0. The summed E-state index contributed by atoms with van der Waals surface area (Å²) in [5, 5.41) is 7.02. The Balaban J connectivity index is 1.35. The van der Waals surface area contributed by atoms with Gasteiger partial charge in [0.15, 0.2) is 12.3 Å². The van der Waals surface area contributed by atoms with Crippen molar-refractivity contribution in [1.82, 2.24) is 19.4 Å². The van der Waals surface area contributed by atoms with E-state index in [1.54, 1.807) is 24.3 Å². The van der Waals surface area contributed by atoms with E-state index in [0.717, 1.165) is 0 Å². The molecule has 1 aliphatic heterocycles. The largest absolute Gasteiger partial charge is 0.451 e. The molecular weight excluding hydrogens is 472 g/mol. The molecular formula is C21H19ClN4O6S. The van der Waals surface area contributed by atoms with Crippen LogP contribution in [0.2, 0.25) is 5.02 Å². The highest BCUT2D eigenvalue weighted by molar-refractivity contribution is 7.89. The van der Waals surface area contributed by atoms with E-state index >= 15 is 0 Å². The molecule has 10 nitrogen and oxygen atoms in total. The zero-order chi connectivity index (χ0) is 23.6. The van der Waals surface area contributed by atoms with Crippen molar-refractivity contribution in [2.45, 2.75) is 4.90 Å². The SMILES string of the molecule is O=C(OCC(=O)N1CCN(S(=O)(=O)c2ccc(Cl)cc2)CC1)c1n[nH]c(=O)c2ccccc12. The summed E-state index contributed by atoms with van der Waals surface area (Å²) in [6, 6.07) is 12.3. The maximum atomic E-state index is 12.8. The number of benzene rings is 2. The summed E-state index contributed by atoms with van der Waals surface area (Å²) in [4.78, 5) is 38.4. The molecule has 0 bridgehead atoms. The summed E-state index contributed by atoms with van der Waals surface area (Å²) >= 11 is 5.82. The molecule has 12 heteroatoms. The number of aromatic amines is 1. The number of ether oxygens (including phenoxy) is 1. The van der Waals surface area contributed by atoms with Gasteiger partial charge in [0.05, 0.1) is 10.3 Å². The fourth-order valence-corrected chi connectivity index (χ4v) is 5.04. The average molecular weight is 491 g/mol. The van der Waals surface area contributed by atoms with Gasteiger partial charge in [0, 0.05) is 36.6 Å². The Bertz CT molecular complexity index is 1370. The van der Waals surface area contributed by atoms with Gasteiger partial charge in [-0.15, -0.1) is 0 Å². The third kappa shape index (κ3) is 4.75. The number of hydrogen-bond acceptors (Lipinski definition) is 7. The topological polar surface area (TPSA) is 130 Å². The number of amides is 1. The molecule has 0 aliphatic carbocycles. The van der Waals surface area contributed by atoms with Gasteiger partial charge in [-0.1, -0.05) is 29.8 Å². The molecule has 172 valence electrons. The van der Waals surface area contributed by atoms with Gasteiger partial charge in [-0.05, 0) is 30.3 Å².